The number of benzene rings is 1. The van der Waals surface area contributed by atoms with E-state index >= 15 is 0 Å². The maximum absolute atomic E-state index is 3.77. The van der Waals surface area contributed by atoms with Crippen LogP contribution in [0.4, 0.5) is 5.69 Å². The first-order chi connectivity index (χ1) is 9.74. The zero-order valence-electron chi connectivity index (χ0n) is 12.3. The Morgan fingerprint density at radius 1 is 1.25 bits per heavy atom. The van der Waals surface area contributed by atoms with Gasteiger partial charge in [0.05, 0.1) is 0 Å². The molecule has 20 heavy (non-hydrogen) atoms. The van der Waals surface area contributed by atoms with Gasteiger partial charge in [0.25, 0.3) is 0 Å². The molecule has 106 valence electrons. The van der Waals surface area contributed by atoms with E-state index in [2.05, 4.69) is 60.6 Å². The average Bonchev–Trinajstić information content (AvgIpc) is 2.98. The molecule has 1 aromatic rings. The Kier molecular flexibility index (Phi) is 3.10. The number of rotatable bonds is 1. The second kappa shape index (κ2) is 4.84. The van der Waals surface area contributed by atoms with Crippen molar-refractivity contribution in [2.24, 2.45) is 11.8 Å². The molecule has 1 saturated carbocycles. The number of thioether (sulfide) groups is 1. The fourth-order valence-corrected chi connectivity index (χ4v) is 5.72. The number of hydrogen-bond donors (Lipinski definition) is 1. The molecule has 2 heteroatoms. The van der Waals surface area contributed by atoms with Crippen molar-refractivity contribution in [2.75, 3.05) is 5.32 Å². The van der Waals surface area contributed by atoms with Crippen LogP contribution in [0.5, 0.6) is 0 Å². The maximum atomic E-state index is 3.77. The van der Waals surface area contributed by atoms with Gasteiger partial charge < -0.3 is 5.32 Å². The van der Waals surface area contributed by atoms with Gasteiger partial charge in [-0.1, -0.05) is 31.2 Å². The van der Waals surface area contributed by atoms with Crippen LogP contribution in [0.25, 0.3) is 0 Å². The number of nitrogens with one attached hydrogen (secondary N) is 1. The third-order valence-corrected chi connectivity index (χ3v) is 6.57. The number of allylic oxidation sites excluding steroid dienone is 1. The van der Waals surface area contributed by atoms with Crippen LogP contribution in [0, 0.1) is 11.8 Å². The molecule has 5 unspecified atom stereocenters. The van der Waals surface area contributed by atoms with Crippen LogP contribution in [-0.4, -0.2) is 11.3 Å². The first kappa shape index (κ1) is 12.8. The van der Waals surface area contributed by atoms with Crippen molar-refractivity contribution in [3.05, 3.63) is 40.8 Å². The summed E-state index contributed by atoms with van der Waals surface area (Å²) in [5.74, 6) is 2.26. The Morgan fingerprint density at radius 3 is 3.05 bits per heavy atom. The number of anilines is 1. The molecule has 0 amide bonds. The fourth-order valence-electron chi connectivity index (χ4n) is 4.39. The van der Waals surface area contributed by atoms with Gasteiger partial charge >= 0.3 is 0 Å². The molecule has 1 N–H and O–H groups in total. The van der Waals surface area contributed by atoms with Crippen LogP contribution in [0.15, 0.2) is 29.7 Å². The Morgan fingerprint density at radius 2 is 2.15 bits per heavy atom. The van der Waals surface area contributed by atoms with Crippen LogP contribution in [0.1, 0.15) is 43.7 Å². The van der Waals surface area contributed by atoms with Gasteiger partial charge in [-0.2, -0.15) is 0 Å². The molecule has 4 rings (SSSR count). The maximum Gasteiger partial charge on any atom is 0.0410 e. The van der Waals surface area contributed by atoms with Crippen molar-refractivity contribution in [2.45, 2.75) is 50.3 Å². The van der Waals surface area contributed by atoms with Crippen LogP contribution in [0.2, 0.25) is 0 Å². The van der Waals surface area contributed by atoms with Gasteiger partial charge in [-0.25, -0.2) is 0 Å². The highest BCUT2D eigenvalue weighted by Crippen LogP contribution is 2.54. The molecule has 3 aliphatic rings. The van der Waals surface area contributed by atoms with E-state index in [0.29, 0.717) is 12.0 Å². The Labute approximate surface area is 126 Å². The summed E-state index contributed by atoms with van der Waals surface area (Å²) in [5, 5.41) is 6.93. The normalized spacial score (nSPS) is 38.4. The van der Waals surface area contributed by atoms with Crippen molar-refractivity contribution in [1.29, 1.82) is 0 Å². The average molecular weight is 285 g/mol. The minimum atomic E-state index is 0.615. The van der Waals surface area contributed by atoms with E-state index in [1.807, 2.05) is 0 Å². The van der Waals surface area contributed by atoms with Crippen LogP contribution < -0.4 is 5.32 Å². The standard InChI is InChI=1S/C18H23NS/c1-11-10-16-14(8-9-20-16)17(11)15-5-3-4-13-7-6-12(2)19-18(13)15/h3-5,8-9,11-12,14,16-17,19H,6-7,10H2,1-2H3. The SMILES string of the molecule is CC1CCc2cccc(C3C(C)CC4SC=CC43)c2N1. The molecule has 0 spiro atoms. The van der Waals surface area contributed by atoms with Gasteiger partial charge in [-0.15, -0.1) is 11.8 Å². The zero-order valence-corrected chi connectivity index (χ0v) is 13.1. The third-order valence-electron chi connectivity index (χ3n) is 5.39. The highest BCUT2D eigenvalue weighted by Gasteiger charge is 2.43. The van der Waals surface area contributed by atoms with Crippen LogP contribution in [0.3, 0.4) is 0 Å². The molecular weight excluding hydrogens is 262 g/mol. The van der Waals surface area contributed by atoms with Crippen molar-refractivity contribution >= 4 is 17.4 Å². The predicted molar refractivity (Wildman–Crippen MR) is 88.4 cm³/mol. The molecule has 0 saturated heterocycles. The molecule has 0 radical (unpaired) electrons. The summed E-state index contributed by atoms with van der Waals surface area (Å²) in [5.41, 5.74) is 4.58. The van der Waals surface area contributed by atoms with E-state index in [-0.39, 0.29) is 0 Å². The fraction of sp³-hybridized carbons (Fsp3) is 0.556. The summed E-state index contributed by atoms with van der Waals surface area (Å²) in [7, 11) is 0. The molecule has 1 fully saturated rings. The van der Waals surface area contributed by atoms with Crippen LogP contribution in [-0.2, 0) is 6.42 Å². The van der Waals surface area contributed by atoms with Crippen molar-refractivity contribution in [1.82, 2.24) is 0 Å². The summed E-state index contributed by atoms with van der Waals surface area (Å²) in [6.45, 7) is 4.76. The van der Waals surface area contributed by atoms with E-state index in [0.717, 1.165) is 17.1 Å². The second-order valence-electron chi connectivity index (χ2n) is 6.78. The number of para-hydroxylation sites is 1. The number of fused-ring (bicyclic) bond motifs is 2. The van der Waals surface area contributed by atoms with E-state index in [4.69, 9.17) is 0 Å². The van der Waals surface area contributed by atoms with Gasteiger partial charge in [-0.3, -0.25) is 0 Å². The first-order valence-electron chi connectivity index (χ1n) is 7.94. The molecule has 5 atom stereocenters. The lowest BCUT2D eigenvalue weighted by Crippen LogP contribution is -2.25. The summed E-state index contributed by atoms with van der Waals surface area (Å²) < 4.78 is 0. The molecular formula is C18H23NS. The minimum absolute atomic E-state index is 0.615. The van der Waals surface area contributed by atoms with Crippen molar-refractivity contribution in [3.8, 4) is 0 Å². The Bertz CT molecular complexity index is 550. The van der Waals surface area contributed by atoms with E-state index in [1.54, 1.807) is 5.56 Å². The lowest BCUT2D eigenvalue weighted by Gasteiger charge is -2.31. The molecule has 1 nitrogen and oxygen atoms in total. The number of hydrogen-bond acceptors (Lipinski definition) is 2. The third kappa shape index (κ3) is 1.92. The minimum Gasteiger partial charge on any atom is -0.382 e. The lowest BCUT2D eigenvalue weighted by molar-refractivity contribution is 0.489. The topological polar surface area (TPSA) is 12.0 Å². The monoisotopic (exact) mass is 285 g/mol. The zero-order chi connectivity index (χ0) is 13.7. The molecule has 1 aromatic carbocycles. The van der Waals surface area contributed by atoms with Gasteiger partial charge in [0.2, 0.25) is 0 Å². The molecule has 2 heterocycles. The molecule has 1 aliphatic carbocycles. The van der Waals surface area contributed by atoms with Gasteiger partial charge in [-0.05, 0) is 60.5 Å². The quantitative estimate of drug-likeness (QED) is 0.795. The predicted octanol–water partition coefficient (Wildman–Crippen LogP) is 4.80. The summed E-state index contributed by atoms with van der Waals surface area (Å²) in [4.78, 5) is 0. The Hall–Kier alpha value is -0.890. The summed E-state index contributed by atoms with van der Waals surface area (Å²) in [6.07, 6.45) is 6.33. The van der Waals surface area contributed by atoms with Gasteiger partial charge in [0.15, 0.2) is 0 Å². The van der Waals surface area contributed by atoms with Crippen molar-refractivity contribution < 1.29 is 0 Å². The van der Waals surface area contributed by atoms with E-state index in [1.165, 1.54) is 30.5 Å². The Balaban J connectivity index is 1.77. The lowest BCUT2D eigenvalue weighted by atomic mass is 9.81. The van der Waals surface area contributed by atoms with E-state index in [9.17, 15) is 0 Å². The van der Waals surface area contributed by atoms with Gasteiger partial charge in [0.1, 0.15) is 0 Å². The summed E-state index contributed by atoms with van der Waals surface area (Å²) in [6, 6.07) is 7.58. The van der Waals surface area contributed by atoms with Crippen LogP contribution >= 0.6 is 11.8 Å². The largest absolute Gasteiger partial charge is 0.382 e. The first-order valence-corrected chi connectivity index (χ1v) is 8.89. The van der Waals surface area contributed by atoms with Gasteiger partial charge in [0, 0.05) is 17.0 Å². The molecule has 2 aliphatic heterocycles. The molecule has 0 aromatic heterocycles. The summed E-state index contributed by atoms with van der Waals surface area (Å²) >= 11 is 2.05. The smallest absolute Gasteiger partial charge is 0.0410 e. The highest BCUT2D eigenvalue weighted by molar-refractivity contribution is 8.03. The number of aryl methyl sites for hydroxylation is 1. The van der Waals surface area contributed by atoms with Crippen molar-refractivity contribution in [3.63, 3.8) is 0 Å². The second-order valence-corrected chi connectivity index (χ2v) is 7.93. The highest BCUT2D eigenvalue weighted by atomic mass is 32.2. The molecule has 0 bridgehead atoms. The van der Waals surface area contributed by atoms with E-state index < -0.39 is 0 Å².